The predicted molar refractivity (Wildman–Crippen MR) is 440 cm³/mol. The summed E-state index contributed by atoms with van der Waals surface area (Å²) in [7, 11) is 0. The summed E-state index contributed by atoms with van der Waals surface area (Å²) < 4.78 is 6.29. The molecule has 21 aromatic rings. The van der Waals surface area contributed by atoms with Crippen molar-refractivity contribution in [3.05, 3.63) is 376 Å². The van der Waals surface area contributed by atoms with Crippen molar-refractivity contribution in [1.82, 2.24) is 0 Å². The first-order valence-corrected chi connectivity index (χ1v) is 35.7. The van der Waals surface area contributed by atoms with E-state index in [-0.39, 0.29) is 0 Å². The summed E-state index contributed by atoms with van der Waals surface area (Å²) in [6.45, 7) is 0. The highest BCUT2D eigenvalue weighted by Gasteiger charge is 2.22. The number of fused-ring (bicyclic) bond motifs is 14. The average molecular weight is 1300 g/mol. The zero-order chi connectivity index (χ0) is 67.6. The van der Waals surface area contributed by atoms with E-state index in [0.29, 0.717) is 0 Å². The van der Waals surface area contributed by atoms with E-state index in [2.05, 4.69) is 370 Å². The minimum atomic E-state index is 0.896. The van der Waals surface area contributed by atoms with Crippen LogP contribution in [0.3, 0.4) is 0 Å². The van der Waals surface area contributed by atoms with Crippen molar-refractivity contribution in [3.8, 4) is 100 Å². The van der Waals surface area contributed by atoms with Gasteiger partial charge in [-0.25, -0.2) is 0 Å². The molecule has 0 atom stereocenters. The molecule has 1 aromatic heterocycles. The number of hydrogen-bond acceptors (Lipinski definition) is 1. The molecule has 0 aliphatic rings. The lowest BCUT2D eigenvalue weighted by atomic mass is 9.83. The Balaban J connectivity index is 0.745. The smallest absolute Gasteiger partial charge is 0.135 e. The van der Waals surface area contributed by atoms with Crippen LogP contribution in [0.5, 0.6) is 0 Å². The van der Waals surface area contributed by atoms with Gasteiger partial charge in [-0.2, -0.15) is 0 Å². The minimum Gasteiger partial charge on any atom is -0.456 e. The Kier molecular flexibility index (Phi) is 13.4. The molecule has 0 unspecified atom stereocenters. The summed E-state index contributed by atoms with van der Waals surface area (Å²) in [5, 5.41) is 24.5. The van der Waals surface area contributed by atoms with E-state index in [1.807, 2.05) is 6.07 Å². The molecule has 0 bridgehead atoms. The fraction of sp³-hybridized carbons (Fsp3) is 0. The Labute approximate surface area is 595 Å². The molecular weight excluding hydrogens is 1240 g/mol. The second-order valence-electron chi connectivity index (χ2n) is 27.7. The fourth-order valence-electron chi connectivity index (χ4n) is 17.0. The third-order valence-corrected chi connectivity index (χ3v) is 22.0. The molecule has 0 amide bonds. The van der Waals surface area contributed by atoms with Gasteiger partial charge in [0, 0.05) is 10.8 Å². The van der Waals surface area contributed by atoms with Crippen LogP contribution in [-0.4, -0.2) is 0 Å². The van der Waals surface area contributed by atoms with Crippen molar-refractivity contribution in [2.45, 2.75) is 0 Å². The highest BCUT2D eigenvalue weighted by Crippen LogP contribution is 2.50. The largest absolute Gasteiger partial charge is 0.456 e. The first-order valence-electron chi connectivity index (χ1n) is 35.7. The van der Waals surface area contributed by atoms with Crippen LogP contribution in [0.4, 0.5) is 0 Å². The van der Waals surface area contributed by atoms with Crippen LogP contribution in [0.15, 0.2) is 381 Å². The SMILES string of the molecule is c1ccc2c(-c3ccc(-c4c5ccccc5c(-c5ccc(-c6ccc7c(ccc8ccccc87)c6)cc5)c5ccc(-c6ccc7c(-c8ccc(-c9ccc%10c(ccc%11ccccc%11%10)c9)cc8)c8ccccc8c(-c8ccc(-c9ccc%10oc%11ccccc%11c%10c9)cc8)c7c6)cc45)cc3)cccc2c1. The monoisotopic (exact) mass is 1300 g/mol. The maximum atomic E-state index is 6.29. The molecule has 1 heteroatoms. The van der Waals surface area contributed by atoms with Crippen molar-refractivity contribution in [3.63, 3.8) is 0 Å². The highest BCUT2D eigenvalue weighted by atomic mass is 16.3. The van der Waals surface area contributed by atoms with Gasteiger partial charge in [-0.1, -0.05) is 334 Å². The number of hydrogen-bond donors (Lipinski definition) is 0. The number of benzene rings is 20. The normalized spacial score (nSPS) is 11.9. The Morgan fingerprint density at radius 3 is 0.864 bits per heavy atom. The average Bonchev–Trinajstić information content (AvgIpc) is 1.49. The van der Waals surface area contributed by atoms with Crippen LogP contribution < -0.4 is 0 Å². The van der Waals surface area contributed by atoms with Crippen molar-refractivity contribution < 1.29 is 4.42 Å². The minimum absolute atomic E-state index is 0.896. The zero-order valence-electron chi connectivity index (χ0n) is 56.2. The Morgan fingerprint density at radius 2 is 0.398 bits per heavy atom. The molecule has 0 fully saturated rings. The van der Waals surface area contributed by atoms with Crippen molar-refractivity contribution in [2.24, 2.45) is 0 Å². The van der Waals surface area contributed by atoms with Crippen LogP contribution in [0.25, 0.3) is 219 Å². The van der Waals surface area contributed by atoms with Crippen molar-refractivity contribution in [2.75, 3.05) is 0 Å². The summed E-state index contributed by atoms with van der Waals surface area (Å²) in [5.74, 6) is 0. The molecule has 476 valence electrons. The van der Waals surface area contributed by atoms with E-state index in [4.69, 9.17) is 4.42 Å². The number of furan rings is 1. The Bertz CT molecular complexity index is 7050. The lowest BCUT2D eigenvalue weighted by Gasteiger charge is -2.20. The van der Waals surface area contributed by atoms with E-state index in [1.54, 1.807) is 0 Å². The third-order valence-electron chi connectivity index (χ3n) is 22.0. The zero-order valence-corrected chi connectivity index (χ0v) is 56.2. The van der Waals surface area contributed by atoms with Gasteiger partial charge in [0.05, 0.1) is 0 Å². The maximum absolute atomic E-state index is 6.29. The quantitative estimate of drug-likeness (QED) is 0.104. The van der Waals surface area contributed by atoms with Gasteiger partial charge in [-0.05, 0) is 240 Å². The maximum Gasteiger partial charge on any atom is 0.135 e. The molecule has 0 radical (unpaired) electrons. The van der Waals surface area contributed by atoms with Crippen LogP contribution >= 0.6 is 0 Å². The Morgan fingerprint density at radius 1 is 0.126 bits per heavy atom. The molecule has 1 heterocycles. The van der Waals surface area contributed by atoms with Gasteiger partial charge >= 0.3 is 0 Å². The van der Waals surface area contributed by atoms with Crippen LogP contribution in [0.1, 0.15) is 0 Å². The van der Waals surface area contributed by atoms with Crippen LogP contribution in [-0.2, 0) is 0 Å². The van der Waals surface area contributed by atoms with E-state index in [1.165, 1.54) is 169 Å². The summed E-state index contributed by atoms with van der Waals surface area (Å²) in [4.78, 5) is 0. The molecule has 103 heavy (non-hydrogen) atoms. The predicted octanol–water partition coefficient (Wildman–Crippen LogP) is 29.0. The standard InChI is InChI=1S/C102H62O/c1-4-18-81-66(14-1)17-13-26-84(81)69-34-44-73(45-35-69)102-91-25-10-8-23-89(91)100(71-40-30-64(31-41-71)75-49-54-86-80(59-75)47-37-68-16-3-6-20-83(68)86)93-56-51-78(62-96(93)102)77-50-55-92-95(61-77)101(72-42-32-65(33-43-72)76-52-57-98-94(60-76)87-21-11-12-27-97(87)103-98)90-24-9-7-22-88(90)99(92)70-38-28-63(29-39-70)74-48-53-85-79(58-74)46-36-67-15-2-5-19-82(67)85/h1-62H. The number of rotatable bonds is 9. The third kappa shape index (κ3) is 9.69. The van der Waals surface area contributed by atoms with Gasteiger partial charge in [0.2, 0.25) is 0 Å². The van der Waals surface area contributed by atoms with Crippen LogP contribution in [0.2, 0.25) is 0 Å². The highest BCUT2D eigenvalue weighted by molar-refractivity contribution is 6.25. The van der Waals surface area contributed by atoms with Gasteiger partial charge in [-0.3, -0.25) is 0 Å². The van der Waals surface area contributed by atoms with Crippen molar-refractivity contribution in [1.29, 1.82) is 0 Å². The molecule has 20 aromatic carbocycles. The molecule has 0 N–H and O–H groups in total. The topological polar surface area (TPSA) is 13.1 Å². The molecule has 21 rings (SSSR count). The first-order chi connectivity index (χ1) is 51.0. The van der Waals surface area contributed by atoms with Gasteiger partial charge in [0.25, 0.3) is 0 Å². The Hall–Kier alpha value is -13.5. The number of para-hydroxylation sites is 1. The molecule has 0 spiro atoms. The molecule has 0 aliphatic heterocycles. The fourth-order valence-corrected chi connectivity index (χ4v) is 17.0. The van der Waals surface area contributed by atoms with E-state index < -0.39 is 0 Å². The second kappa shape index (κ2) is 23.6. The van der Waals surface area contributed by atoms with E-state index >= 15 is 0 Å². The van der Waals surface area contributed by atoms with E-state index in [0.717, 1.165) is 49.8 Å². The molecule has 0 saturated carbocycles. The summed E-state index contributed by atoms with van der Waals surface area (Å²) >= 11 is 0. The lowest BCUT2D eigenvalue weighted by molar-refractivity contribution is 0.669. The molecule has 0 saturated heterocycles. The van der Waals surface area contributed by atoms with Crippen molar-refractivity contribution >= 4 is 119 Å². The lowest BCUT2D eigenvalue weighted by Crippen LogP contribution is -1.93. The molecular formula is C102H62O. The summed E-state index contributed by atoms with van der Waals surface area (Å²) in [5.41, 5.74) is 23.2. The van der Waals surface area contributed by atoms with Gasteiger partial charge in [-0.15, -0.1) is 0 Å². The first kappa shape index (κ1) is 58.5. The molecule has 0 aliphatic carbocycles. The van der Waals surface area contributed by atoms with Gasteiger partial charge in [0.15, 0.2) is 0 Å². The summed E-state index contributed by atoms with van der Waals surface area (Å²) in [6.07, 6.45) is 0. The van der Waals surface area contributed by atoms with Crippen LogP contribution in [0, 0.1) is 0 Å². The van der Waals surface area contributed by atoms with Gasteiger partial charge in [0.1, 0.15) is 11.2 Å². The van der Waals surface area contributed by atoms with Gasteiger partial charge < -0.3 is 4.42 Å². The summed E-state index contributed by atoms with van der Waals surface area (Å²) in [6, 6.07) is 140. The molecule has 1 nitrogen and oxygen atoms in total. The van der Waals surface area contributed by atoms with E-state index in [9.17, 15) is 0 Å². The second-order valence-corrected chi connectivity index (χ2v) is 27.7.